The molecule has 0 radical (unpaired) electrons. The van der Waals surface area contributed by atoms with Gasteiger partial charge in [-0.2, -0.15) is 5.26 Å². The molecule has 3 heteroatoms. The second-order valence-corrected chi connectivity index (χ2v) is 5.27. The predicted octanol–water partition coefficient (Wildman–Crippen LogP) is 2.54. The molecule has 1 aromatic carbocycles. The highest BCUT2D eigenvalue weighted by atomic mass is 15.1. The van der Waals surface area contributed by atoms with E-state index in [4.69, 9.17) is 5.26 Å². The van der Waals surface area contributed by atoms with Gasteiger partial charge in [0.05, 0.1) is 11.6 Å². The molecule has 0 heterocycles. The summed E-state index contributed by atoms with van der Waals surface area (Å²) in [4.78, 5) is 2.21. The van der Waals surface area contributed by atoms with E-state index in [9.17, 15) is 0 Å². The number of nitrogens with one attached hydrogen (secondary N) is 1. The molecule has 0 saturated carbocycles. The Balaban J connectivity index is 2.44. The highest BCUT2D eigenvalue weighted by molar-refractivity contribution is 5.32. The van der Waals surface area contributed by atoms with Crippen molar-refractivity contribution in [2.45, 2.75) is 26.4 Å². The second kappa shape index (κ2) is 7.73. The van der Waals surface area contributed by atoms with E-state index in [1.807, 2.05) is 24.3 Å². The summed E-state index contributed by atoms with van der Waals surface area (Å²) >= 11 is 0. The van der Waals surface area contributed by atoms with Gasteiger partial charge in [0.2, 0.25) is 0 Å². The Morgan fingerprint density at radius 1 is 1.47 bits per heavy atom. The minimum atomic E-state index is 0.481. The number of nitrogens with zero attached hydrogens (tertiary/aromatic N) is 2. The van der Waals surface area contributed by atoms with Crippen molar-refractivity contribution in [2.75, 3.05) is 20.1 Å². The first-order valence-electron chi connectivity index (χ1n) is 6.59. The van der Waals surface area contributed by atoms with Crippen LogP contribution in [0.4, 0.5) is 0 Å². The van der Waals surface area contributed by atoms with Crippen molar-refractivity contribution in [1.29, 1.82) is 5.26 Å². The highest BCUT2D eigenvalue weighted by Crippen LogP contribution is 2.07. The summed E-state index contributed by atoms with van der Waals surface area (Å²) in [6.45, 7) is 10.9. The summed E-state index contributed by atoms with van der Waals surface area (Å²) in [5.41, 5.74) is 3.05. The number of benzene rings is 1. The number of rotatable bonds is 7. The highest BCUT2D eigenvalue weighted by Gasteiger charge is 2.04. The van der Waals surface area contributed by atoms with Crippen molar-refractivity contribution in [1.82, 2.24) is 10.2 Å². The molecule has 1 N–H and O–H groups in total. The Morgan fingerprint density at radius 3 is 2.84 bits per heavy atom. The third-order valence-electron chi connectivity index (χ3n) is 2.76. The lowest BCUT2D eigenvalue weighted by molar-refractivity contribution is 0.351. The van der Waals surface area contributed by atoms with E-state index in [0.717, 1.165) is 25.2 Å². The fraction of sp³-hybridized carbons (Fsp3) is 0.438. The van der Waals surface area contributed by atoms with Gasteiger partial charge in [0.25, 0.3) is 0 Å². The molecule has 0 saturated heterocycles. The van der Waals surface area contributed by atoms with E-state index in [-0.39, 0.29) is 0 Å². The molecule has 0 fully saturated rings. The summed E-state index contributed by atoms with van der Waals surface area (Å²) in [5.74, 6) is 0. The Kier molecular flexibility index (Phi) is 6.27. The quantitative estimate of drug-likeness (QED) is 0.763. The Morgan fingerprint density at radius 2 is 2.21 bits per heavy atom. The van der Waals surface area contributed by atoms with Crippen LogP contribution in [0.3, 0.4) is 0 Å². The molecule has 3 nitrogen and oxygen atoms in total. The number of hydrogen-bond donors (Lipinski definition) is 1. The molecule has 0 aromatic heterocycles. The van der Waals surface area contributed by atoms with Gasteiger partial charge in [0.15, 0.2) is 0 Å². The molecule has 0 amide bonds. The SMILES string of the molecule is C=C(CNC(C)C)CN(C)Cc1cccc(C#N)c1. The minimum absolute atomic E-state index is 0.481. The van der Waals surface area contributed by atoms with Crippen LogP contribution in [0.15, 0.2) is 36.4 Å². The third kappa shape index (κ3) is 6.19. The summed E-state index contributed by atoms with van der Waals surface area (Å²) < 4.78 is 0. The molecule has 0 aliphatic heterocycles. The van der Waals surface area contributed by atoms with Gasteiger partial charge in [-0.3, -0.25) is 4.90 Å². The summed E-state index contributed by atoms with van der Waals surface area (Å²) in [7, 11) is 2.07. The molecule has 1 aromatic rings. The maximum absolute atomic E-state index is 8.88. The van der Waals surface area contributed by atoms with Crippen LogP contribution in [0, 0.1) is 11.3 Å². The monoisotopic (exact) mass is 257 g/mol. The van der Waals surface area contributed by atoms with E-state index >= 15 is 0 Å². The second-order valence-electron chi connectivity index (χ2n) is 5.27. The van der Waals surface area contributed by atoms with Crippen LogP contribution in [0.5, 0.6) is 0 Å². The van der Waals surface area contributed by atoms with Crippen molar-refractivity contribution < 1.29 is 0 Å². The van der Waals surface area contributed by atoms with Crippen molar-refractivity contribution in [3.05, 3.63) is 47.5 Å². The molecule has 0 aliphatic carbocycles. The van der Waals surface area contributed by atoms with Crippen LogP contribution in [-0.4, -0.2) is 31.1 Å². The maximum atomic E-state index is 8.88. The molecule has 0 atom stereocenters. The smallest absolute Gasteiger partial charge is 0.0991 e. The van der Waals surface area contributed by atoms with Crippen molar-refractivity contribution >= 4 is 0 Å². The summed E-state index contributed by atoms with van der Waals surface area (Å²) in [5, 5.41) is 12.2. The normalized spacial score (nSPS) is 10.7. The fourth-order valence-corrected chi connectivity index (χ4v) is 1.89. The molecule has 0 aliphatic rings. The van der Waals surface area contributed by atoms with Crippen LogP contribution < -0.4 is 5.32 Å². The molecule has 0 unspecified atom stereocenters. The van der Waals surface area contributed by atoms with Gasteiger partial charge in [0.1, 0.15) is 0 Å². The van der Waals surface area contributed by atoms with Gasteiger partial charge >= 0.3 is 0 Å². The van der Waals surface area contributed by atoms with E-state index in [1.54, 1.807) is 0 Å². The zero-order chi connectivity index (χ0) is 14.3. The average Bonchev–Trinajstić information content (AvgIpc) is 2.36. The van der Waals surface area contributed by atoms with Gasteiger partial charge in [-0.1, -0.05) is 32.6 Å². The molecule has 102 valence electrons. The van der Waals surface area contributed by atoms with E-state index in [1.165, 1.54) is 5.57 Å². The van der Waals surface area contributed by atoms with Gasteiger partial charge in [0, 0.05) is 25.7 Å². The van der Waals surface area contributed by atoms with Crippen LogP contribution in [0.1, 0.15) is 25.0 Å². The van der Waals surface area contributed by atoms with Crippen LogP contribution >= 0.6 is 0 Å². The molecule has 0 spiro atoms. The Labute approximate surface area is 116 Å². The summed E-state index contributed by atoms with van der Waals surface area (Å²) in [6.07, 6.45) is 0. The number of hydrogen-bond acceptors (Lipinski definition) is 3. The van der Waals surface area contributed by atoms with Gasteiger partial charge in [-0.25, -0.2) is 0 Å². The lowest BCUT2D eigenvalue weighted by Gasteiger charge is -2.19. The van der Waals surface area contributed by atoms with Gasteiger partial charge in [-0.05, 0) is 30.3 Å². The largest absolute Gasteiger partial charge is 0.311 e. The first-order valence-corrected chi connectivity index (χ1v) is 6.59. The maximum Gasteiger partial charge on any atom is 0.0991 e. The first kappa shape index (κ1) is 15.4. The topological polar surface area (TPSA) is 39.1 Å². The van der Waals surface area contributed by atoms with Crippen LogP contribution in [0.2, 0.25) is 0 Å². The van der Waals surface area contributed by atoms with Gasteiger partial charge < -0.3 is 5.32 Å². The number of likely N-dealkylation sites (N-methyl/N-ethyl adjacent to an activating group) is 1. The van der Waals surface area contributed by atoms with Crippen molar-refractivity contribution in [3.63, 3.8) is 0 Å². The zero-order valence-corrected chi connectivity index (χ0v) is 12.1. The zero-order valence-electron chi connectivity index (χ0n) is 12.1. The van der Waals surface area contributed by atoms with Gasteiger partial charge in [-0.15, -0.1) is 0 Å². The Hall–Kier alpha value is -1.63. The lowest BCUT2D eigenvalue weighted by atomic mass is 10.1. The Bertz CT molecular complexity index is 457. The van der Waals surface area contributed by atoms with E-state index in [2.05, 4.69) is 43.8 Å². The lowest BCUT2D eigenvalue weighted by Crippen LogP contribution is -2.29. The van der Waals surface area contributed by atoms with E-state index in [0.29, 0.717) is 11.6 Å². The van der Waals surface area contributed by atoms with Crippen LogP contribution in [-0.2, 0) is 6.54 Å². The molecular formula is C16H23N3. The third-order valence-corrected chi connectivity index (χ3v) is 2.76. The van der Waals surface area contributed by atoms with Crippen molar-refractivity contribution in [2.24, 2.45) is 0 Å². The fourth-order valence-electron chi connectivity index (χ4n) is 1.89. The molecular weight excluding hydrogens is 234 g/mol. The molecule has 1 rings (SSSR count). The van der Waals surface area contributed by atoms with Crippen LogP contribution in [0.25, 0.3) is 0 Å². The van der Waals surface area contributed by atoms with Crippen molar-refractivity contribution in [3.8, 4) is 6.07 Å². The summed E-state index contributed by atoms with van der Waals surface area (Å²) in [6, 6.07) is 10.4. The molecule has 0 bridgehead atoms. The number of nitriles is 1. The first-order chi connectivity index (χ1) is 9.01. The molecule has 19 heavy (non-hydrogen) atoms. The predicted molar refractivity (Wildman–Crippen MR) is 79.8 cm³/mol. The standard InChI is InChI=1S/C16H23N3/c1-13(2)18-10-14(3)11-19(4)12-16-7-5-6-15(8-16)9-17/h5-8,13,18H,3,10-12H2,1-2,4H3. The minimum Gasteiger partial charge on any atom is -0.311 e. The van der Waals surface area contributed by atoms with E-state index < -0.39 is 0 Å². The average molecular weight is 257 g/mol.